The molecular formula is C17H19NO3S. The van der Waals surface area contributed by atoms with Crippen LogP contribution in [-0.4, -0.2) is 23.9 Å². The molecule has 0 spiro atoms. The maximum absolute atomic E-state index is 11.9. The number of rotatable bonds is 7. The molecular weight excluding hydrogens is 298 g/mol. The first-order valence-corrected chi connectivity index (χ1v) is 8.07. The van der Waals surface area contributed by atoms with E-state index < -0.39 is 0 Å². The molecule has 22 heavy (non-hydrogen) atoms. The molecule has 2 N–H and O–H groups in total. The number of anilines is 1. The summed E-state index contributed by atoms with van der Waals surface area (Å²) in [4.78, 5) is 11.9. The summed E-state index contributed by atoms with van der Waals surface area (Å²) in [6, 6.07) is 15.0. The lowest BCUT2D eigenvalue weighted by molar-refractivity contribution is -0.113. The summed E-state index contributed by atoms with van der Waals surface area (Å²) in [5.74, 6) is 1.90. The van der Waals surface area contributed by atoms with Gasteiger partial charge in [0.25, 0.3) is 0 Å². The van der Waals surface area contributed by atoms with E-state index >= 15 is 0 Å². The molecule has 2 rings (SSSR count). The van der Waals surface area contributed by atoms with Gasteiger partial charge in [0, 0.05) is 11.4 Å². The smallest absolute Gasteiger partial charge is 0.234 e. The van der Waals surface area contributed by atoms with Gasteiger partial charge >= 0.3 is 0 Å². The quantitative estimate of drug-likeness (QED) is 0.824. The van der Waals surface area contributed by atoms with Gasteiger partial charge in [0.15, 0.2) is 0 Å². The molecule has 0 aromatic heterocycles. The fourth-order valence-electron chi connectivity index (χ4n) is 1.87. The van der Waals surface area contributed by atoms with Crippen molar-refractivity contribution in [2.75, 3.05) is 18.2 Å². The standard InChI is InChI=1S/C17H19NO3S/c1-21-16-8-6-15(7-9-16)18-17(20)12-22-11-14-4-2-13(10-19)3-5-14/h2-9,19H,10-12H2,1H3,(H,18,20). The first kappa shape index (κ1) is 16.4. The van der Waals surface area contributed by atoms with Gasteiger partial charge in [0.05, 0.1) is 19.5 Å². The van der Waals surface area contributed by atoms with Gasteiger partial charge < -0.3 is 15.2 Å². The molecule has 0 aliphatic heterocycles. The van der Waals surface area contributed by atoms with Crippen molar-refractivity contribution in [1.82, 2.24) is 0 Å². The van der Waals surface area contributed by atoms with E-state index in [9.17, 15) is 4.79 Å². The van der Waals surface area contributed by atoms with Crippen LogP contribution in [0.3, 0.4) is 0 Å². The van der Waals surface area contributed by atoms with Crippen molar-refractivity contribution >= 4 is 23.4 Å². The molecule has 0 saturated carbocycles. The summed E-state index contributed by atoms with van der Waals surface area (Å²) in [6.45, 7) is 0.0533. The Morgan fingerprint density at radius 2 is 1.73 bits per heavy atom. The van der Waals surface area contributed by atoms with E-state index in [0.29, 0.717) is 5.75 Å². The fourth-order valence-corrected chi connectivity index (χ4v) is 2.66. The summed E-state index contributed by atoms with van der Waals surface area (Å²) in [5.41, 5.74) is 2.80. The minimum atomic E-state index is -0.0258. The topological polar surface area (TPSA) is 58.6 Å². The summed E-state index contributed by atoms with van der Waals surface area (Å²) < 4.78 is 5.07. The van der Waals surface area contributed by atoms with Crippen molar-refractivity contribution in [3.63, 3.8) is 0 Å². The predicted octanol–water partition coefficient (Wildman–Crippen LogP) is 3.06. The second-order valence-corrected chi connectivity index (χ2v) is 5.73. The van der Waals surface area contributed by atoms with Gasteiger partial charge in [-0.3, -0.25) is 4.79 Å². The Balaban J connectivity index is 1.74. The van der Waals surface area contributed by atoms with Crippen molar-refractivity contribution in [3.8, 4) is 5.75 Å². The highest BCUT2D eigenvalue weighted by molar-refractivity contribution is 7.99. The van der Waals surface area contributed by atoms with E-state index in [2.05, 4.69) is 5.32 Å². The van der Waals surface area contributed by atoms with Gasteiger partial charge in [-0.05, 0) is 35.4 Å². The van der Waals surface area contributed by atoms with Gasteiger partial charge in [-0.1, -0.05) is 24.3 Å². The number of carbonyl (C=O) groups is 1. The lowest BCUT2D eigenvalue weighted by atomic mass is 10.2. The molecule has 116 valence electrons. The second kappa shape index (κ2) is 8.46. The number of ether oxygens (including phenoxy) is 1. The van der Waals surface area contributed by atoms with Crippen LogP contribution >= 0.6 is 11.8 Å². The summed E-state index contributed by atoms with van der Waals surface area (Å²) >= 11 is 1.56. The van der Waals surface area contributed by atoms with Crippen LogP contribution < -0.4 is 10.1 Å². The number of hydrogen-bond donors (Lipinski definition) is 2. The average molecular weight is 317 g/mol. The first-order chi connectivity index (χ1) is 10.7. The van der Waals surface area contributed by atoms with Gasteiger partial charge in [0.2, 0.25) is 5.91 Å². The Bertz CT molecular complexity index is 596. The highest BCUT2D eigenvalue weighted by Crippen LogP contribution is 2.17. The van der Waals surface area contributed by atoms with Crippen LogP contribution in [0.15, 0.2) is 48.5 Å². The number of thioether (sulfide) groups is 1. The molecule has 0 radical (unpaired) electrons. The molecule has 5 heteroatoms. The summed E-state index contributed by atoms with van der Waals surface area (Å²) in [6.07, 6.45) is 0. The zero-order valence-electron chi connectivity index (χ0n) is 12.4. The van der Waals surface area contributed by atoms with Crippen LogP contribution in [0.25, 0.3) is 0 Å². The maximum Gasteiger partial charge on any atom is 0.234 e. The van der Waals surface area contributed by atoms with Crippen LogP contribution in [0.2, 0.25) is 0 Å². The maximum atomic E-state index is 11.9. The van der Waals surface area contributed by atoms with Crippen LogP contribution in [-0.2, 0) is 17.2 Å². The molecule has 2 aromatic carbocycles. The van der Waals surface area contributed by atoms with Gasteiger partial charge in [-0.15, -0.1) is 11.8 Å². The zero-order chi connectivity index (χ0) is 15.8. The largest absolute Gasteiger partial charge is 0.497 e. The monoisotopic (exact) mass is 317 g/mol. The van der Waals surface area contributed by atoms with E-state index in [0.717, 1.165) is 28.3 Å². The number of aliphatic hydroxyl groups excluding tert-OH is 1. The lowest BCUT2D eigenvalue weighted by Gasteiger charge is -2.06. The SMILES string of the molecule is COc1ccc(NC(=O)CSCc2ccc(CO)cc2)cc1. The minimum absolute atomic E-state index is 0.0258. The molecule has 0 aliphatic carbocycles. The zero-order valence-corrected chi connectivity index (χ0v) is 13.2. The molecule has 0 unspecified atom stereocenters. The molecule has 0 saturated heterocycles. The highest BCUT2D eigenvalue weighted by Gasteiger charge is 2.03. The molecule has 1 amide bonds. The third-order valence-corrected chi connectivity index (χ3v) is 4.08. The number of benzene rings is 2. The predicted molar refractivity (Wildman–Crippen MR) is 90.2 cm³/mol. The van der Waals surface area contributed by atoms with Crippen molar-refractivity contribution < 1.29 is 14.6 Å². The van der Waals surface area contributed by atoms with E-state index in [1.54, 1.807) is 18.9 Å². The van der Waals surface area contributed by atoms with E-state index in [1.165, 1.54) is 0 Å². The molecule has 0 aliphatic rings. The highest BCUT2D eigenvalue weighted by atomic mass is 32.2. The summed E-state index contributed by atoms with van der Waals surface area (Å²) in [7, 11) is 1.61. The fraction of sp³-hybridized carbons (Fsp3) is 0.235. The van der Waals surface area contributed by atoms with Crippen LogP contribution in [0.4, 0.5) is 5.69 Å². The minimum Gasteiger partial charge on any atom is -0.497 e. The molecule has 0 bridgehead atoms. The van der Waals surface area contributed by atoms with Crippen LogP contribution in [0.1, 0.15) is 11.1 Å². The van der Waals surface area contributed by atoms with Gasteiger partial charge in [0.1, 0.15) is 5.75 Å². The first-order valence-electron chi connectivity index (χ1n) is 6.91. The molecule has 0 heterocycles. The Morgan fingerprint density at radius 3 is 2.32 bits per heavy atom. The van der Waals surface area contributed by atoms with Crippen LogP contribution in [0.5, 0.6) is 5.75 Å². The normalized spacial score (nSPS) is 10.3. The Hall–Kier alpha value is -1.98. The number of carbonyl (C=O) groups excluding carboxylic acids is 1. The Morgan fingerprint density at radius 1 is 1.09 bits per heavy atom. The van der Waals surface area contributed by atoms with Crippen molar-refractivity contribution in [1.29, 1.82) is 0 Å². The van der Waals surface area contributed by atoms with Crippen molar-refractivity contribution in [2.24, 2.45) is 0 Å². The number of aliphatic hydroxyl groups is 1. The van der Waals surface area contributed by atoms with Crippen LogP contribution in [0, 0.1) is 0 Å². The Kier molecular flexibility index (Phi) is 6.30. The van der Waals surface area contributed by atoms with E-state index in [4.69, 9.17) is 9.84 Å². The number of hydrogen-bond acceptors (Lipinski definition) is 4. The molecule has 2 aromatic rings. The van der Waals surface area contributed by atoms with E-state index in [-0.39, 0.29) is 12.5 Å². The average Bonchev–Trinajstić information content (AvgIpc) is 2.56. The van der Waals surface area contributed by atoms with Crippen molar-refractivity contribution in [3.05, 3.63) is 59.7 Å². The summed E-state index contributed by atoms with van der Waals surface area (Å²) in [5, 5.41) is 11.8. The number of methoxy groups -OCH3 is 1. The molecule has 4 nitrogen and oxygen atoms in total. The molecule has 0 fully saturated rings. The lowest BCUT2D eigenvalue weighted by Crippen LogP contribution is -2.14. The third kappa shape index (κ3) is 5.09. The Labute approximate surface area is 134 Å². The molecule has 0 atom stereocenters. The van der Waals surface area contributed by atoms with Crippen molar-refractivity contribution in [2.45, 2.75) is 12.4 Å². The van der Waals surface area contributed by atoms with Gasteiger partial charge in [-0.25, -0.2) is 0 Å². The number of amides is 1. The number of nitrogens with one attached hydrogen (secondary N) is 1. The van der Waals surface area contributed by atoms with E-state index in [1.807, 2.05) is 48.5 Å². The van der Waals surface area contributed by atoms with Gasteiger partial charge in [-0.2, -0.15) is 0 Å². The third-order valence-electron chi connectivity index (χ3n) is 3.08. The second-order valence-electron chi connectivity index (χ2n) is 4.74.